The summed E-state index contributed by atoms with van der Waals surface area (Å²) in [6.07, 6.45) is 0.991. The normalized spacial score (nSPS) is 24.1. The van der Waals surface area contributed by atoms with E-state index in [9.17, 15) is 4.79 Å². The van der Waals surface area contributed by atoms with Crippen LogP contribution in [0, 0.1) is 5.92 Å². The van der Waals surface area contributed by atoms with Crippen molar-refractivity contribution in [3.63, 3.8) is 0 Å². The Morgan fingerprint density at radius 1 is 1.39 bits per heavy atom. The minimum atomic E-state index is 0.0522. The highest BCUT2D eigenvalue weighted by molar-refractivity contribution is 9.11. The van der Waals surface area contributed by atoms with Crippen LogP contribution in [0.2, 0.25) is 0 Å². The molecule has 1 amide bonds. The molecule has 1 fully saturated rings. The number of hydrogen-bond acceptors (Lipinski definition) is 2. The van der Waals surface area contributed by atoms with Crippen LogP contribution in [-0.2, 0) is 0 Å². The first-order valence-corrected chi connectivity index (χ1v) is 7.56. The van der Waals surface area contributed by atoms with Gasteiger partial charge in [0.15, 0.2) is 0 Å². The maximum Gasteiger partial charge on any atom is 0.255 e. The van der Waals surface area contributed by atoms with Gasteiger partial charge < -0.3 is 10.6 Å². The molecule has 2 unspecified atom stereocenters. The molecule has 1 aliphatic heterocycles. The number of rotatable bonds is 1. The van der Waals surface area contributed by atoms with E-state index in [0.29, 0.717) is 18.0 Å². The molecule has 0 bridgehead atoms. The smallest absolute Gasteiger partial charge is 0.255 e. The molecule has 1 aliphatic rings. The zero-order valence-electron chi connectivity index (χ0n) is 10.2. The van der Waals surface area contributed by atoms with Crippen LogP contribution < -0.4 is 5.73 Å². The van der Waals surface area contributed by atoms with Crippen LogP contribution in [0.1, 0.15) is 23.7 Å². The SMILES string of the molecule is CC1CC(N)CN(C(=O)c2ccc(Br)cc2Br)C1. The first kappa shape index (κ1) is 14.0. The largest absolute Gasteiger partial charge is 0.337 e. The highest BCUT2D eigenvalue weighted by Crippen LogP contribution is 2.25. The fraction of sp³-hybridized carbons (Fsp3) is 0.462. The Morgan fingerprint density at radius 2 is 2.11 bits per heavy atom. The minimum Gasteiger partial charge on any atom is -0.337 e. The average molecular weight is 376 g/mol. The maximum atomic E-state index is 12.4. The third kappa shape index (κ3) is 3.13. The van der Waals surface area contributed by atoms with Crippen LogP contribution in [0.15, 0.2) is 27.1 Å². The van der Waals surface area contributed by atoms with Crippen molar-refractivity contribution in [2.45, 2.75) is 19.4 Å². The molecule has 18 heavy (non-hydrogen) atoms. The molecule has 5 heteroatoms. The van der Waals surface area contributed by atoms with Gasteiger partial charge in [-0.3, -0.25) is 4.79 Å². The quantitative estimate of drug-likeness (QED) is 0.819. The van der Waals surface area contributed by atoms with Crippen LogP contribution >= 0.6 is 31.9 Å². The predicted molar refractivity (Wildman–Crippen MR) is 79.5 cm³/mol. The van der Waals surface area contributed by atoms with Gasteiger partial charge in [0.1, 0.15) is 0 Å². The number of carbonyl (C=O) groups excluding carboxylic acids is 1. The number of likely N-dealkylation sites (tertiary alicyclic amines) is 1. The van der Waals surface area contributed by atoms with Gasteiger partial charge in [-0.05, 0) is 46.5 Å². The first-order valence-electron chi connectivity index (χ1n) is 5.97. The van der Waals surface area contributed by atoms with E-state index >= 15 is 0 Å². The van der Waals surface area contributed by atoms with Crippen LogP contribution in [0.25, 0.3) is 0 Å². The van der Waals surface area contributed by atoms with Crippen LogP contribution in [-0.4, -0.2) is 29.9 Å². The van der Waals surface area contributed by atoms with E-state index in [4.69, 9.17) is 5.73 Å². The van der Waals surface area contributed by atoms with E-state index in [1.54, 1.807) is 0 Å². The fourth-order valence-corrected chi connectivity index (χ4v) is 3.62. The van der Waals surface area contributed by atoms with Crippen molar-refractivity contribution in [2.24, 2.45) is 11.7 Å². The highest BCUT2D eigenvalue weighted by Gasteiger charge is 2.27. The molecule has 2 rings (SSSR count). The zero-order chi connectivity index (χ0) is 13.3. The van der Waals surface area contributed by atoms with Gasteiger partial charge in [-0.25, -0.2) is 0 Å². The van der Waals surface area contributed by atoms with Gasteiger partial charge in [-0.2, -0.15) is 0 Å². The third-order valence-corrected chi connectivity index (χ3v) is 4.29. The van der Waals surface area contributed by atoms with Crippen molar-refractivity contribution in [1.82, 2.24) is 4.90 Å². The summed E-state index contributed by atoms with van der Waals surface area (Å²) >= 11 is 6.82. The Morgan fingerprint density at radius 3 is 2.72 bits per heavy atom. The summed E-state index contributed by atoms with van der Waals surface area (Å²) in [5, 5.41) is 0. The molecule has 0 radical (unpaired) electrons. The first-order chi connectivity index (χ1) is 8.47. The Hall–Kier alpha value is -0.390. The number of amides is 1. The van der Waals surface area contributed by atoms with Crippen molar-refractivity contribution in [3.8, 4) is 0 Å². The maximum absolute atomic E-state index is 12.4. The number of nitrogens with two attached hydrogens (primary N) is 1. The molecular formula is C13H16Br2N2O. The van der Waals surface area contributed by atoms with Crippen molar-refractivity contribution < 1.29 is 4.79 Å². The minimum absolute atomic E-state index is 0.0522. The summed E-state index contributed by atoms with van der Waals surface area (Å²) < 4.78 is 1.77. The lowest BCUT2D eigenvalue weighted by molar-refractivity contribution is 0.0660. The molecule has 1 aromatic carbocycles. The van der Waals surface area contributed by atoms with Crippen LogP contribution in [0.5, 0.6) is 0 Å². The Bertz CT molecular complexity index is 454. The summed E-state index contributed by atoms with van der Waals surface area (Å²) in [6, 6.07) is 5.69. The second-order valence-corrected chi connectivity index (χ2v) is 6.71. The van der Waals surface area contributed by atoms with Crippen LogP contribution in [0.3, 0.4) is 0 Å². The number of carbonyl (C=O) groups is 1. The fourth-order valence-electron chi connectivity index (χ4n) is 2.40. The highest BCUT2D eigenvalue weighted by atomic mass is 79.9. The summed E-state index contributed by atoms with van der Waals surface area (Å²) in [4.78, 5) is 14.3. The van der Waals surface area contributed by atoms with Crippen molar-refractivity contribution in [1.29, 1.82) is 0 Å². The van der Waals surface area contributed by atoms with E-state index in [-0.39, 0.29) is 11.9 Å². The summed E-state index contributed by atoms with van der Waals surface area (Å²) in [5.74, 6) is 0.517. The molecule has 1 heterocycles. The standard InChI is InChI=1S/C13H16Br2N2O/c1-8-4-10(16)7-17(6-8)13(18)11-3-2-9(14)5-12(11)15/h2-3,5,8,10H,4,6-7,16H2,1H3. The molecule has 0 spiro atoms. The van der Waals surface area contributed by atoms with Crippen LogP contribution in [0.4, 0.5) is 0 Å². The number of benzene rings is 1. The number of halogens is 2. The Kier molecular flexibility index (Phi) is 4.45. The Balaban J connectivity index is 2.20. The zero-order valence-corrected chi connectivity index (χ0v) is 13.4. The number of piperidine rings is 1. The average Bonchev–Trinajstić information content (AvgIpc) is 2.26. The summed E-state index contributed by atoms with van der Waals surface area (Å²) in [5.41, 5.74) is 6.67. The molecular weight excluding hydrogens is 360 g/mol. The second-order valence-electron chi connectivity index (χ2n) is 4.94. The molecule has 0 aliphatic carbocycles. The van der Waals surface area contributed by atoms with E-state index in [2.05, 4.69) is 38.8 Å². The predicted octanol–water partition coefficient (Wildman–Crippen LogP) is 3.02. The topological polar surface area (TPSA) is 46.3 Å². The van der Waals surface area contributed by atoms with E-state index < -0.39 is 0 Å². The molecule has 0 aromatic heterocycles. The van der Waals surface area contributed by atoms with Gasteiger partial charge in [0, 0.05) is 28.1 Å². The lowest BCUT2D eigenvalue weighted by atomic mass is 9.96. The van der Waals surface area contributed by atoms with Gasteiger partial charge >= 0.3 is 0 Å². The van der Waals surface area contributed by atoms with Gasteiger partial charge in [-0.15, -0.1) is 0 Å². The molecule has 3 nitrogen and oxygen atoms in total. The van der Waals surface area contributed by atoms with Gasteiger partial charge in [-0.1, -0.05) is 22.9 Å². The third-order valence-electron chi connectivity index (χ3n) is 3.14. The molecule has 0 saturated carbocycles. The lowest BCUT2D eigenvalue weighted by Gasteiger charge is -2.35. The van der Waals surface area contributed by atoms with Crippen molar-refractivity contribution in [2.75, 3.05) is 13.1 Å². The Labute approximate surface area is 124 Å². The van der Waals surface area contributed by atoms with E-state index in [1.165, 1.54) is 0 Å². The van der Waals surface area contributed by atoms with Gasteiger partial charge in [0.2, 0.25) is 0 Å². The second kappa shape index (κ2) is 5.72. The monoisotopic (exact) mass is 374 g/mol. The number of hydrogen-bond donors (Lipinski definition) is 1. The molecule has 1 aromatic rings. The summed E-state index contributed by atoms with van der Waals surface area (Å²) in [7, 11) is 0. The van der Waals surface area contributed by atoms with Gasteiger partial charge in [0.05, 0.1) is 5.56 Å². The summed E-state index contributed by atoms with van der Waals surface area (Å²) in [6.45, 7) is 3.57. The van der Waals surface area contributed by atoms with E-state index in [1.807, 2.05) is 23.1 Å². The van der Waals surface area contributed by atoms with E-state index in [0.717, 1.165) is 21.9 Å². The molecule has 1 saturated heterocycles. The molecule has 2 atom stereocenters. The lowest BCUT2D eigenvalue weighted by Crippen LogP contribution is -2.48. The van der Waals surface area contributed by atoms with Crippen molar-refractivity contribution in [3.05, 3.63) is 32.7 Å². The van der Waals surface area contributed by atoms with Gasteiger partial charge in [0.25, 0.3) is 5.91 Å². The number of nitrogens with zero attached hydrogens (tertiary/aromatic N) is 1. The van der Waals surface area contributed by atoms with Crippen molar-refractivity contribution >= 4 is 37.8 Å². The molecule has 2 N–H and O–H groups in total. The molecule has 98 valence electrons.